The van der Waals surface area contributed by atoms with Gasteiger partial charge in [-0.2, -0.15) is 0 Å². The van der Waals surface area contributed by atoms with Crippen molar-refractivity contribution in [1.82, 2.24) is 4.57 Å². The lowest BCUT2D eigenvalue weighted by molar-refractivity contribution is 0.0972. The fourth-order valence-electron chi connectivity index (χ4n) is 3.13. The molecule has 0 bridgehead atoms. The number of aryl methyl sites for hydroxylation is 3. The first-order chi connectivity index (χ1) is 10.1. The largest absolute Gasteiger partial charge is 0.340 e. The summed E-state index contributed by atoms with van der Waals surface area (Å²) in [7, 11) is 0. The second kappa shape index (κ2) is 5.21. The van der Waals surface area contributed by atoms with Crippen molar-refractivity contribution in [2.45, 2.75) is 27.3 Å². The van der Waals surface area contributed by atoms with Crippen LogP contribution in [0.3, 0.4) is 0 Å². The van der Waals surface area contributed by atoms with Crippen LogP contribution in [0.5, 0.6) is 0 Å². The van der Waals surface area contributed by atoms with Crippen LogP contribution < -0.4 is 0 Å². The number of ketones is 1. The van der Waals surface area contributed by atoms with E-state index in [1.54, 1.807) is 0 Å². The molecule has 2 aromatic carbocycles. The van der Waals surface area contributed by atoms with Gasteiger partial charge in [0.15, 0.2) is 5.78 Å². The number of hydrogen-bond donors (Lipinski definition) is 0. The fourth-order valence-corrected chi connectivity index (χ4v) is 3.13. The van der Waals surface area contributed by atoms with Crippen LogP contribution in [0, 0.1) is 20.8 Å². The fraction of sp³-hybridized carbons (Fsp3) is 0.211. The van der Waals surface area contributed by atoms with Gasteiger partial charge < -0.3 is 4.57 Å². The number of carbonyl (C=O) groups excluding carboxylic acids is 1. The van der Waals surface area contributed by atoms with Crippen LogP contribution in [-0.2, 0) is 6.54 Å². The number of hydrogen-bond acceptors (Lipinski definition) is 1. The maximum Gasteiger partial charge on any atom is 0.183 e. The second-order valence-electron chi connectivity index (χ2n) is 5.70. The zero-order valence-electron chi connectivity index (χ0n) is 12.7. The Bertz CT molecular complexity index is 803. The van der Waals surface area contributed by atoms with Crippen molar-refractivity contribution in [1.29, 1.82) is 0 Å². The second-order valence-corrected chi connectivity index (χ2v) is 5.70. The molecule has 0 spiro atoms. The van der Waals surface area contributed by atoms with Crippen LogP contribution in [0.2, 0.25) is 0 Å². The topological polar surface area (TPSA) is 22.0 Å². The van der Waals surface area contributed by atoms with Gasteiger partial charge in [-0.25, -0.2) is 0 Å². The molecule has 0 atom stereocenters. The Hall–Kier alpha value is -2.35. The molecule has 21 heavy (non-hydrogen) atoms. The quantitative estimate of drug-likeness (QED) is 0.648. The van der Waals surface area contributed by atoms with Gasteiger partial charge in [0, 0.05) is 17.3 Å². The first kappa shape index (κ1) is 13.6. The Morgan fingerprint density at radius 2 is 1.67 bits per heavy atom. The molecule has 3 aromatic rings. The lowest BCUT2D eigenvalue weighted by Gasteiger charge is -2.11. The van der Waals surface area contributed by atoms with E-state index in [0.717, 1.165) is 22.2 Å². The Morgan fingerprint density at radius 3 is 2.38 bits per heavy atom. The van der Waals surface area contributed by atoms with Crippen LogP contribution in [-0.4, -0.2) is 10.4 Å². The summed E-state index contributed by atoms with van der Waals surface area (Å²) in [5.74, 6) is 0.173. The molecule has 0 amide bonds. The zero-order chi connectivity index (χ0) is 15.0. The predicted octanol–water partition coefficient (Wildman–Crippen LogP) is 4.45. The van der Waals surface area contributed by atoms with Crippen molar-refractivity contribution in [3.05, 3.63) is 70.9 Å². The molecule has 0 aliphatic heterocycles. The minimum atomic E-state index is 0.173. The van der Waals surface area contributed by atoms with Gasteiger partial charge in [0.05, 0.1) is 6.54 Å². The summed E-state index contributed by atoms with van der Waals surface area (Å²) in [6.45, 7) is 6.48. The number of benzene rings is 2. The van der Waals surface area contributed by atoms with E-state index in [9.17, 15) is 4.79 Å². The molecule has 106 valence electrons. The summed E-state index contributed by atoms with van der Waals surface area (Å²) >= 11 is 0. The normalized spacial score (nSPS) is 11.0. The third-order valence-electron chi connectivity index (χ3n) is 3.95. The molecule has 0 radical (unpaired) electrons. The molecule has 3 rings (SSSR count). The average Bonchev–Trinajstić information content (AvgIpc) is 2.81. The first-order valence-electron chi connectivity index (χ1n) is 7.21. The van der Waals surface area contributed by atoms with Gasteiger partial charge in [-0.3, -0.25) is 4.79 Å². The third-order valence-corrected chi connectivity index (χ3v) is 3.95. The maximum atomic E-state index is 12.7. The smallest absolute Gasteiger partial charge is 0.183 e. The molecule has 0 fully saturated rings. The van der Waals surface area contributed by atoms with Gasteiger partial charge in [-0.05, 0) is 49.4 Å². The molecular formula is C19H19NO. The van der Waals surface area contributed by atoms with E-state index in [1.807, 2.05) is 36.7 Å². The van der Waals surface area contributed by atoms with Gasteiger partial charge in [-0.1, -0.05) is 35.9 Å². The minimum Gasteiger partial charge on any atom is -0.340 e. The summed E-state index contributed by atoms with van der Waals surface area (Å²) in [5.41, 5.74) is 5.29. The minimum absolute atomic E-state index is 0.173. The Morgan fingerprint density at radius 1 is 1.00 bits per heavy atom. The highest BCUT2D eigenvalue weighted by atomic mass is 16.1. The van der Waals surface area contributed by atoms with Crippen LogP contribution in [0.15, 0.2) is 48.7 Å². The van der Waals surface area contributed by atoms with Gasteiger partial charge in [0.1, 0.15) is 0 Å². The monoisotopic (exact) mass is 277 g/mol. The molecular weight excluding hydrogens is 258 g/mol. The molecule has 1 heterocycles. The van der Waals surface area contributed by atoms with E-state index in [2.05, 4.69) is 37.3 Å². The van der Waals surface area contributed by atoms with Crippen LogP contribution in [0.1, 0.15) is 27.0 Å². The van der Waals surface area contributed by atoms with Gasteiger partial charge in [0.2, 0.25) is 0 Å². The highest BCUT2D eigenvalue weighted by Gasteiger charge is 2.14. The summed E-state index contributed by atoms with van der Waals surface area (Å²) in [6, 6.07) is 14.4. The molecule has 2 nitrogen and oxygen atoms in total. The summed E-state index contributed by atoms with van der Waals surface area (Å²) in [4.78, 5) is 12.7. The molecule has 0 unspecified atom stereocenters. The van der Waals surface area contributed by atoms with Gasteiger partial charge >= 0.3 is 0 Å². The third kappa shape index (κ3) is 2.49. The summed E-state index contributed by atoms with van der Waals surface area (Å²) < 4.78 is 2.02. The highest BCUT2D eigenvalue weighted by Crippen LogP contribution is 2.20. The van der Waals surface area contributed by atoms with Crippen LogP contribution in [0.25, 0.3) is 10.9 Å². The van der Waals surface area contributed by atoms with Crippen molar-refractivity contribution in [2.24, 2.45) is 0 Å². The van der Waals surface area contributed by atoms with Crippen LogP contribution in [0.4, 0.5) is 0 Å². The van der Waals surface area contributed by atoms with Crippen molar-refractivity contribution in [3.63, 3.8) is 0 Å². The number of para-hydroxylation sites is 1. The number of rotatable bonds is 3. The molecule has 0 aliphatic carbocycles. The number of aromatic nitrogens is 1. The van der Waals surface area contributed by atoms with Crippen molar-refractivity contribution in [2.75, 3.05) is 0 Å². The van der Waals surface area contributed by atoms with E-state index in [0.29, 0.717) is 6.54 Å². The van der Waals surface area contributed by atoms with Crippen LogP contribution >= 0.6 is 0 Å². The molecule has 0 saturated heterocycles. The maximum absolute atomic E-state index is 12.7. The predicted molar refractivity (Wildman–Crippen MR) is 86.9 cm³/mol. The van der Waals surface area contributed by atoms with E-state index >= 15 is 0 Å². The Kier molecular flexibility index (Phi) is 3.38. The van der Waals surface area contributed by atoms with Crippen molar-refractivity contribution >= 4 is 16.7 Å². The summed E-state index contributed by atoms with van der Waals surface area (Å²) in [5, 5.41) is 1.17. The Labute approximate surface area is 125 Å². The molecule has 0 aliphatic rings. The number of carbonyl (C=O) groups is 1. The molecule has 2 heteroatoms. The summed E-state index contributed by atoms with van der Waals surface area (Å²) in [6.07, 6.45) is 1.99. The van der Waals surface area contributed by atoms with E-state index in [1.165, 1.54) is 10.9 Å². The number of nitrogens with zero attached hydrogens (tertiary/aromatic N) is 1. The Balaban J connectivity index is 1.97. The molecule has 0 saturated carbocycles. The van der Waals surface area contributed by atoms with Gasteiger partial charge in [0.25, 0.3) is 0 Å². The SMILES string of the molecule is Cc1cc(C)c(C(=O)Cn2ccc3ccccc32)c(C)c1. The highest BCUT2D eigenvalue weighted by molar-refractivity contribution is 5.99. The lowest BCUT2D eigenvalue weighted by Crippen LogP contribution is -2.12. The van der Waals surface area contributed by atoms with Crippen molar-refractivity contribution in [3.8, 4) is 0 Å². The standard InChI is InChI=1S/C19H19NO/c1-13-10-14(2)19(15(3)11-13)18(21)12-20-9-8-16-6-4-5-7-17(16)20/h4-11H,12H2,1-3H3. The van der Waals surface area contributed by atoms with Gasteiger partial charge in [-0.15, -0.1) is 0 Å². The number of Topliss-reactive ketones (excluding diaryl/α,β-unsaturated/α-hetero) is 1. The van der Waals surface area contributed by atoms with Crippen molar-refractivity contribution < 1.29 is 4.79 Å². The first-order valence-corrected chi connectivity index (χ1v) is 7.21. The molecule has 1 aromatic heterocycles. The number of fused-ring (bicyclic) bond motifs is 1. The average molecular weight is 277 g/mol. The van der Waals surface area contributed by atoms with E-state index < -0.39 is 0 Å². The van der Waals surface area contributed by atoms with E-state index in [-0.39, 0.29) is 5.78 Å². The lowest BCUT2D eigenvalue weighted by atomic mass is 9.96. The molecule has 0 N–H and O–H groups in total. The van der Waals surface area contributed by atoms with E-state index in [4.69, 9.17) is 0 Å². The zero-order valence-corrected chi connectivity index (χ0v) is 12.7.